The van der Waals surface area contributed by atoms with E-state index in [0.29, 0.717) is 24.1 Å². The van der Waals surface area contributed by atoms with Crippen molar-refractivity contribution in [1.82, 2.24) is 15.0 Å². The van der Waals surface area contributed by atoms with Crippen LogP contribution in [0.2, 0.25) is 5.28 Å². The van der Waals surface area contributed by atoms with Gasteiger partial charge >= 0.3 is 0 Å². The monoisotopic (exact) mass is 256 g/mol. The fourth-order valence-electron chi connectivity index (χ4n) is 1.35. The molecule has 0 bridgehead atoms. The van der Waals surface area contributed by atoms with Gasteiger partial charge in [0.15, 0.2) is 5.76 Å². The Morgan fingerprint density at radius 1 is 1.24 bits per heavy atom. The Morgan fingerprint density at radius 3 is 2.41 bits per heavy atom. The van der Waals surface area contributed by atoms with Gasteiger partial charge in [0.1, 0.15) is 0 Å². The van der Waals surface area contributed by atoms with Crippen LogP contribution in [-0.4, -0.2) is 34.6 Å². The van der Waals surface area contributed by atoms with E-state index >= 15 is 0 Å². The Bertz CT molecular complexity index is 393. The van der Waals surface area contributed by atoms with Crippen LogP contribution in [0.3, 0.4) is 0 Å². The molecule has 0 spiro atoms. The summed E-state index contributed by atoms with van der Waals surface area (Å²) in [5.74, 6) is 1.34. The molecule has 0 fully saturated rings. The molecule has 1 heterocycles. The molecular formula is C11H17ClN4O. The van der Waals surface area contributed by atoms with E-state index in [1.54, 1.807) is 0 Å². The Kier molecular flexibility index (Phi) is 5.15. The summed E-state index contributed by atoms with van der Waals surface area (Å²) in [6, 6.07) is 0. The van der Waals surface area contributed by atoms with Crippen LogP contribution in [-0.2, 0) is 4.74 Å². The first-order valence-corrected chi connectivity index (χ1v) is 5.98. The standard InChI is InChI=1S/C11H17ClN4O/c1-5-16(6-2)11-14-9(8(4)17-7-3)13-10(12)15-11/h4-7H2,1-3H3. The molecule has 5 nitrogen and oxygen atoms in total. The second kappa shape index (κ2) is 6.39. The minimum Gasteiger partial charge on any atom is -0.491 e. The number of hydrogen-bond donors (Lipinski definition) is 0. The van der Waals surface area contributed by atoms with Gasteiger partial charge in [-0.1, -0.05) is 6.58 Å². The maximum Gasteiger partial charge on any atom is 0.230 e. The lowest BCUT2D eigenvalue weighted by Gasteiger charge is -2.18. The molecule has 0 aliphatic heterocycles. The van der Waals surface area contributed by atoms with E-state index in [4.69, 9.17) is 16.3 Å². The normalized spacial score (nSPS) is 10.1. The highest BCUT2D eigenvalue weighted by atomic mass is 35.5. The smallest absolute Gasteiger partial charge is 0.230 e. The summed E-state index contributed by atoms with van der Waals surface area (Å²) in [6.45, 7) is 11.8. The topological polar surface area (TPSA) is 51.1 Å². The number of aromatic nitrogens is 3. The molecule has 0 N–H and O–H groups in total. The Labute approximate surface area is 106 Å². The van der Waals surface area contributed by atoms with Crippen LogP contribution in [0.5, 0.6) is 0 Å². The summed E-state index contributed by atoms with van der Waals surface area (Å²) in [7, 11) is 0. The largest absolute Gasteiger partial charge is 0.491 e. The molecule has 17 heavy (non-hydrogen) atoms. The summed E-state index contributed by atoms with van der Waals surface area (Å²) < 4.78 is 5.26. The van der Waals surface area contributed by atoms with Gasteiger partial charge in [0.25, 0.3) is 0 Å². The zero-order valence-corrected chi connectivity index (χ0v) is 11.2. The van der Waals surface area contributed by atoms with E-state index in [9.17, 15) is 0 Å². The Balaban J connectivity index is 3.05. The second-order valence-electron chi connectivity index (χ2n) is 3.26. The van der Waals surface area contributed by atoms with Crippen LogP contribution < -0.4 is 4.90 Å². The van der Waals surface area contributed by atoms with Gasteiger partial charge < -0.3 is 9.64 Å². The van der Waals surface area contributed by atoms with Gasteiger partial charge in [-0.25, -0.2) is 0 Å². The van der Waals surface area contributed by atoms with Crippen molar-refractivity contribution in [3.8, 4) is 0 Å². The van der Waals surface area contributed by atoms with Gasteiger partial charge in [-0.15, -0.1) is 0 Å². The molecule has 1 aromatic heterocycles. The summed E-state index contributed by atoms with van der Waals surface area (Å²) >= 11 is 5.87. The third kappa shape index (κ3) is 3.56. The number of rotatable bonds is 6. The molecular weight excluding hydrogens is 240 g/mol. The fourth-order valence-corrected chi connectivity index (χ4v) is 1.51. The molecule has 94 valence electrons. The molecule has 0 aliphatic carbocycles. The van der Waals surface area contributed by atoms with Gasteiger partial charge in [-0.2, -0.15) is 15.0 Å². The first-order valence-electron chi connectivity index (χ1n) is 5.60. The van der Waals surface area contributed by atoms with E-state index in [2.05, 4.69) is 21.5 Å². The van der Waals surface area contributed by atoms with Gasteiger partial charge in [-0.3, -0.25) is 0 Å². The molecule has 1 rings (SSSR count). The number of anilines is 1. The van der Waals surface area contributed by atoms with Crippen LogP contribution in [0.25, 0.3) is 5.76 Å². The average molecular weight is 257 g/mol. The number of nitrogens with zero attached hydrogens (tertiary/aromatic N) is 4. The van der Waals surface area contributed by atoms with Gasteiger partial charge in [0.05, 0.1) is 6.61 Å². The van der Waals surface area contributed by atoms with E-state index in [-0.39, 0.29) is 5.28 Å². The molecule has 0 saturated carbocycles. The maximum atomic E-state index is 5.87. The molecule has 0 aliphatic rings. The summed E-state index contributed by atoms with van der Waals surface area (Å²) in [5.41, 5.74) is 0. The molecule has 6 heteroatoms. The number of ether oxygens (including phenoxy) is 1. The quantitative estimate of drug-likeness (QED) is 0.732. The van der Waals surface area contributed by atoms with Crippen molar-refractivity contribution in [2.24, 2.45) is 0 Å². The van der Waals surface area contributed by atoms with Crippen LogP contribution >= 0.6 is 11.6 Å². The minimum absolute atomic E-state index is 0.151. The highest BCUT2D eigenvalue weighted by Gasteiger charge is 2.12. The molecule has 0 aromatic carbocycles. The number of halogens is 1. The maximum absolute atomic E-state index is 5.87. The second-order valence-corrected chi connectivity index (χ2v) is 3.59. The van der Waals surface area contributed by atoms with Crippen molar-refractivity contribution in [1.29, 1.82) is 0 Å². The Hall–Kier alpha value is -1.36. The number of hydrogen-bond acceptors (Lipinski definition) is 5. The van der Waals surface area contributed by atoms with E-state index in [1.807, 2.05) is 25.7 Å². The lowest BCUT2D eigenvalue weighted by Crippen LogP contribution is -2.25. The zero-order valence-electron chi connectivity index (χ0n) is 10.4. The fraction of sp³-hybridized carbons (Fsp3) is 0.545. The van der Waals surface area contributed by atoms with Crippen LogP contribution in [0.1, 0.15) is 26.6 Å². The van der Waals surface area contributed by atoms with Gasteiger partial charge in [0, 0.05) is 13.1 Å². The van der Waals surface area contributed by atoms with Crippen molar-refractivity contribution in [2.75, 3.05) is 24.6 Å². The van der Waals surface area contributed by atoms with Crippen molar-refractivity contribution >= 4 is 23.3 Å². The molecule has 0 atom stereocenters. The molecule has 0 radical (unpaired) electrons. The lowest BCUT2D eigenvalue weighted by molar-refractivity contribution is 0.296. The van der Waals surface area contributed by atoms with Crippen LogP contribution in [0, 0.1) is 0 Å². The molecule has 0 unspecified atom stereocenters. The van der Waals surface area contributed by atoms with Crippen LogP contribution in [0.15, 0.2) is 6.58 Å². The molecule has 1 aromatic rings. The third-order valence-electron chi connectivity index (χ3n) is 2.21. The highest BCUT2D eigenvalue weighted by Crippen LogP contribution is 2.15. The first-order chi connectivity index (χ1) is 8.12. The zero-order chi connectivity index (χ0) is 12.8. The highest BCUT2D eigenvalue weighted by molar-refractivity contribution is 6.28. The van der Waals surface area contributed by atoms with Crippen molar-refractivity contribution in [2.45, 2.75) is 20.8 Å². The summed E-state index contributed by atoms with van der Waals surface area (Å²) in [6.07, 6.45) is 0. The van der Waals surface area contributed by atoms with Crippen molar-refractivity contribution in [3.05, 3.63) is 17.7 Å². The first kappa shape index (κ1) is 13.7. The summed E-state index contributed by atoms with van der Waals surface area (Å²) in [4.78, 5) is 14.4. The van der Waals surface area contributed by atoms with E-state index in [0.717, 1.165) is 13.1 Å². The lowest BCUT2D eigenvalue weighted by atomic mass is 10.5. The minimum atomic E-state index is 0.151. The van der Waals surface area contributed by atoms with Crippen molar-refractivity contribution < 1.29 is 4.74 Å². The predicted octanol–water partition coefficient (Wildman–Crippen LogP) is 2.38. The van der Waals surface area contributed by atoms with E-state index < -0.39 is 0 Å². The van der Waals surface area contributed by atoms with Crippen LogP contribution in [0.4, 0.5) is 5.95 Å². The predicted molar refractivity (Wildman–Crippen MR) is 69.1 cm³/mol. The third-order valence-corrected chi connectivity index (χ3v) is 2.38. The van der Waals surface area contributed by atoms with Crippen molar-refractivity contribution in [3.63, 3.8) is 0 Å². The average Bonchev–Trinajstić information content (AvgIpc) is 2.30. The summed E-state index contributed by atoms with van der Waals surface area (Å²) in [5, 5.41) is 0.151. The molecule has 0 amide bonds. The molecule has 0 saturated heterocycles. The Morgan fingerprint density at radius 2 is 1.88 bits per heavy atom. The van der Waals surface area contributed by atoms with Gasteiger partial charge in [0.2, 0.25) is 17.1 Å². The van der Waals surface area contributed by atoms with E-state index in [1.165, 1.54) is 0 Å². The van der Waals surface area contributed by atoms with Gasteiger partial charge in [-0.05, 0) is 32.4 Å². The SMILES string of the molecule is C=C(OCC)c1nc(Cl)nc(N(CC)CC)n1.